The molecule has 0 unspecified atom stereocenters. The number of carbonyl (C=O) groups excluding carboxylic acids is 2. The van der Waals surface area contributed by atoms with Crippen molar-refractivity contribution in [1.29, 1.82) is 0 Å². The van der Waals surface area contributed by atoms with Crippen LogP contribution < -0.4 is 0 Å². The van der Waals surface area contributed by atoms with E-state index in [2.05, 4.69) is 11.6 Å². The van der Waals surface area contributed by atoms with E-state index in [1.807, 2.05) is 30.3 Å². The summed E-state index contributed by atoms with van der Waals surface area (Å²) < 4.78 is 9.79. The van der Waals surface area contributed by atoms with Gasteiger partial charge in [0, 0.05) is 6.20 Å². The third-order valence-corrected chi connectivity index (χ3v) is 3.03. The molecule has 0 N–H and O–H groups in total. The topological polar surface area (TPSA) is 65.5 Å². The number of hydrogen-bond acceptors (Lipinski definition) is 5. The maximum Gasteiger partial charge on any atom is 0.313 e. The summed E-state index contributed by atoms with van der Waals surface area (Å²) in [5, 5.41) is 0. The molecule has 2 aromatic rings. The van der Waals surface area contributed by atoms with Gasteiger partial charge in [-0.2, -0.15) is 0 Å². The second-order valence-electron chi connectivity index (χ2n) is 4.78. The zero-order valence-electron chi connectivity index (χ0n) is 12.6. The largest absolute Gasteiger partial charge is 0.428 e. The van der Waals surface area contributed by atoms with Crippen molar-refractivity contribution in [3.63, 3.8) is 0 Å². The van der Waals surface area contributed by atoms with E-state index in [0.717, 1.165) is 11.1 Å². The van der Waals surface area contributed by atoms with Crippen molar-refractivity contribution in [1.82, 2.24) is 4.98 Å². The molecular weight excluding hydrogens is 294 g/mol. The van der Waals surface area contributed by atoms with Crippen LogP contribution in [0.5, 0.6) is 0 Å². The highest BCUT2D eigenvalue weighted by Crippen LogP contribution is 2.05. The van der Waals surface area contributed by atoms with Crippen LogP contribution in [0.25, 0.3) is 6.08 Å². The van der Waals surface area contributed by atoms with Gasteiger partial charge in [-0.05, 0) is 29.3 Å². The Balaban J connectivity index is 1.72. The van der Waals surface area contributed by atoms with E-state index in [0.29, 0.717) is 5.69 Å². The normalized spacial score (nSPS) is 9.91. The molecule has 0 amide bonds. The molecule has 2 rings (SSSR count). The van der Waals surface area contributed by atoms with Gasteiger partial charge in [0.05, 0.1) is 18.5 Å². The molecule has 0 aliphatic carbocycles. The lowest BCUT2D eigenvalue weighted by atomic mass is 10.1. The molecule has 23 heavy (non-hydrogen) atoms. The van der Waals surface area contributed by atoms with Crippen LogP contribution in [0.1, 0.15) is 16.8 Å². The van der Waals surface area contributed by atoms with E-state index in [9.17, 15) is 9.59 Å². The molecule has 0 bridgehead atoms. The Hall–Kier alpha value is -2.95. The lowest BCUT2D eigenvalue weighted by molar-refractivity contribution is -0.166. The van der Waals surface area contributed by atoms with Crippen molar-refractivity contribution in [3.05, 3.63) is 72.1 Å². The number of benzene rings is 1. The molecule has 0 saturated carbocycles. The Bertz CT molecular complexity index is 682. The van der Waals surface area contributed by atoms with Gasteiger partial charge in [-0.15, -0.1) is 0 Å². The van der Waals surface area contributed by atoms with Crippen LogP contribution >= 0.6 is 0 Å². The highest BCUT2D eigenvalue weighted by molar-refractivity contribution is 5.74. The molecule has 118 valence electrons. The standard InChI is InChI=1S/C18H17NO4/c1-2-16-10-15(8-9-19-16)12-18(21)23-13-22-17(20)11-14-6-4-3-5-7-14/h2-10H,1,11-13H2. The van der Waals surface area contributed by atoms with Crippen LogP contribution in [-0.2, 0) is 31.9 Å². The van der Waals surface area contributed by atoms with Gasteiger partial charge in [0.15, 0.2) is 0 Å². The third-order valence-electron chi connectivity index (χ3n) is 3.03. The van der Waals surface area contributed by atoms with Crippen LogP contribution in [0.2, 0.25) is 0 Å². The van der Waals surface area contributed by atoms with E-state index in [-0.39, 0.29) is 19.6 Å². The van der Waals surface area contributed by atoms with Gasteiger partial charge in [-0.3, -0.25) is 14.6 Å². The first-order valence-electron chi connectivity index (χ1n) is 7.10. The molecule has 0 saturated heterocycles. The van der Waals surface area contributed by atoms with Gasteiger partial charge in [-0.1, -0.05) is 36.9 Å². The average Bonchev–Trinajstić information content (AvgIpc) is 2.56. The van der Waals surface area contributed by atoms with Gasteiger partial charge < -0.3 is 9.47 Å². The monoisotopic (exact) mass is 311 g/mol. The van der Waals surface area contributed by atoms with Gasteiger partial charge in [0.2, 0.25) is 6.79 Å². The first-order chi connectivity index (χ1) is 11.2. The smallest absolute Gasteiger partial charge is 0.313 e. The third kappa shape index (κ3) is 5.74. The fourth-order valence-corrected chi connectivity index (χ4v) is 1.91. The van der Waals surface area contributed by atoms with Crippen molar-refractivity contribution < 1.29 is 19.1 Å². The molecule has 0 spiro atoms. The minimum Gasteiger partial charge on any atom is -0.428 e. The first kappa shape index (κ1) is 16.4. The quantitative estimate of drug-likeness (QED) is 0.581. The van der Waals surface area contributed by atoms with Gasteiger partial charge in [-0.25, -0.2) is 0 Å². The molecule has 0 aliphatic heterocycles. The van der Waals surface area contributed by atoms with Crippen LogP contribution in [0.15, 0.2) is 55.2 Å². The zero-order valence-corrected chi connectivity index (χ0v) is 12.6. The van der Waals surface area contributed by atoms with Gasteiger partial charge in [0.25, 0.3) is 0 Å². The Kier molecular flexibility index (Phi) is 6.06. The zero-order chi connectivity index (χ0) is 16.5. The molecule has 1 aromatic heterocycles. The van der Waals surface area contributed by atoms with Crippen molar-refractivity contribution in [3.8, 4) is 0 Å². The molecule has 0 fully saturated rings. The Morgan fingerprint density at radius 3 is 2.30 bits per heavy atom. The number of carbonyl (C=O) groups is 2. The summed E-state index contributed by atoms with van der Waals surface area (Å²) in [5.74, 6) is -0.916. The number of esters is 2. The molecule has 0 atom stereocenters. The Morgan fingerprint density at radius 1 is 1.00 bits per heavy atom. The second kappa shape index (κ2) is 8.48. The number of pyridine rings is 1. The number of hydrogen-bond donors (Lipinski definition) is 0. The van der Waals surface area contributed by atoms with Crippen LogP contribution in [0, 0.1) is 0 Å². The van der Waals surface area contributed by atoms with E-state index in [4.69, 9.17) is 9.47 Å². The molecule has 0 radical (unpaired) electrons. The lowest BCUT2D eigenvalue weighted by Gasteiger charge is -2.07. The maximum absolute atomic E-state index is 11.7. The van der Waals surface area contributed by atoms with Gasteiger partial charge >= 0.3 is 11.9 Å². The predicted octanol–water partition coefficient (Wildman–Crippen LogP) is 2.55. The summed E-state index contributed by atoms with van der Waals surface area (Å²) in [5.41, 5.74) is 2.29. The summed E-state index contributed by atoms with van der Waals surface area (Å²) in [4.78, 5) is 27.3. The molecule has 5 nitrogen and oxygen atoms in total. The fourth-order valence-electron chi connectivity index (χ4n) is 1.91. The minimum absolute atomic E-state index is 0.0829. The highest BCUT2D eigenvalue weighted by atomic mass is 16.7. The van der Waals surface area contributed by atoms with Crippen molar-refractivity contribution in [2.45, 2.75) is 12.8 Å². The number of rotatable bonds is 7. The maximum atomic E-state index is 11.7. The van der Waals surface area contributed by atoms with Crippen molar-refractivity contribution in [2.75, 3.05) is 6.79 Å². The lowest BCUT2D eigenvalue weighted by Crippen LogP contribution is -2.15. The number of aromatic nitrogens is 1. The van der Waals surface area contributed by atoms with Crippen LogP contribution in [-0.4, -0.2) is 23.7 Å². The fraction of sp³-hybridized carbons (Fsp3) is 0.167. The van der Waals surface area contributed by atoms with E-state index in [1.165, 1.54) is 0 Å². The average molecular weight is 311 g/mol. The number of ether oxygens (including phenoxy) is 2. The minimum atomic E-state index is -0.473. The Morgan fingerprint density at radius 2 is 1.65 bits per heavy atom. The van der Waals surface area contributed by atoms with Crippen molar-refractivity contribution in [2.24, 2.45) is 0 Å². The van der Waals surface area contributed by atoms with E-state index >= 15 is 0 Å². The van der Waals surface area contributed by atoms with Crippen LogP contribution in [0.3, 0.4) is 0 Å². The predicted molar refractivity (Wildman–Crippen MR) is 85.2 cm³/mol. The summed E-state index contributed by atoms with van der Waals surface area (Å²) >= 11 is 0. The molecular formula is C18H17NO4. The molecule has 5 heteroatoms. The summed E-state index contributed by atoms with van der Waals surface area (Å²) in [6.07, 6.45) is 3.42. The second-order valence-corrected chi connectivity index (χ2v) is 4.78. The molecule has 0 aliphatic rings. The van der Waals surface area contributed by atoms with Gasteiger partial charge in [0.1, 0.15) is 0 Å². The van der Waals surface area contributed by atoms with Crippen LogP contribution in [0.4, 0.5) is 0 Å². The molecule has 1 heterocycles. The Labute approximate surface area is 134 Å². The summed E-state index contributed by atoms with van der Waals surface area (Å²) in [6, 6.07) is 12.7. The van der Waals surface area contributed by atoms with E-state index < -0.39 is 11.9 Å². The first-order valence-corrected chi connectivity index (χ1v) is 7.10. The summed E-state index contributed by atoms with van der Waals surface area (Å²) in [7, 11) is 0. The highest BCUT2D eigenvalue weighted by Gasteiger charge is 2.08. The molecule has 1 aromatic carbocycles. The summed E-state index contributed by atoms with van der Waals surface area (Å²) in [6.45, 7) is 3.23. The SMILES string of the molecule is C=Cc1cc(CC(=O)OCOC(=O)Cc2ccccc2)ccn1. The number of nitrogens with zero attached hydrogens (tertiary/aromatic N) is 1. The van der Waals surface area contributed by atoms with Crippen molar-refractivity contribution >= 4 is 18.0 Å². The van der Waals surface area contributed by atoms with E-state index in [1.54, 1.807) is 24.4 Å².